The first kappa shape index (κ1) is 33.4. The van der Waals surface area contributed by atoms with Crippen LogP contribution in [0.1, 0.15) is 85.6 Å². The monoisotopic (exact) mass is 632 g/mol. The highest BCUT2D eigenvalue weighted by molar-refractivity contribution is 5.79. The van der Waals surface area contributed by atoms with Crippen molar-refractivity contribution in [2.24, 2.45) is 22.4 Å². The minimum absolute atomic E-state index is 0.00751. The standard InChI is InChI=1S/C36H48N4O6/c1-44-34-30-9-5-6-26-19-25(11-14-29(42)20-28(41)13-10-24(30)12-15-32(34)43)31-18-23(16-17-39-36(37)38)21-45-35(31)33(26)46-22-40-27-7-3-2-4-8-27/h12,15,19,23,27,29,40,42-43H,2-4,6-8,10-11,13-14,16-18,20-22H2,1H3,(H4,37,38,39)/t23-,29-/m1/s1. The molecule has 1 heterocycles. The summed E-state index contributed by atoms with van der Waals surface area (Å²) in [6, 6.07) is 5.91. The summed E-state index contributed by atoms with van der Waals surface area (Å²) in [6.45, 7) is 1.39. The van der Waals surface area contributed by atoms with Gasteiger partial charge in [0.05, 0.1) is 25.4 Å². The number of methoxy groups -OCH3 is 1. The van der Waals surface area contributed by atoms with Crippen LogP contribution in [0.2, 0.25) is 0 Å². The minimum atomic E-state index is -0.764. The van der Waals surface area contributed by atoms with E-state index in [4.69, 9.17) is 25.7 Å². The van der Waals surface area contributed by atoms with Crippen LogP contribution in [0.25, 0.3) is 0 Å². The van der Waals surface area contributed by atoms with Crippen LogP contribution in [0.15, 0.2) is 23.2 Å². The fraction of sp³-hybridized carbons (Fsp3) is 0.556. The second kappa shape index (κ2) is 16.1. The molecule has 248 valence electrons. The van der Waals surface area contributed by atoms with E-state index in [-0.39, 0.29) is 42.0 Å². The molecule has 0 saturated heterocycles. The van der Waals surface area contributed by atoms with Crippen molar-refractivity contribution in [1.29, 1.82) is 0 Å². The molecule has 2 aromatic carbocycles. The van der Waals surface area contributed by atoms with Crippen molar-refractivity contribution in [3.8, 4) is 34.8 Å². The number of phenols is 1. The maximum atomic E-state index is 12.9. The largest absolute Gasteiger partial charge is 0.504 e. The van der Waals surface area contributed by atoms with Gasteiger partial charge in [-0.2, -0.15) is 0 Å². The Morgan fingerprint density at radius 3 is 2.67 bits per heavy atom. The van der Waals surface area contributed by atoms with Gasteiger partial charge in [-0.25, -0.2) is 0 Å². The second-order valence-electron chi connectivity index (χ2n) is 12.7. The Bertz CT molecular complexity index is 1470. The van der Waals surface area contributed by atoms with Crippen molar-refractivity contribution < 1.29 is 29.2 Å². The maximum Gasteiger partial charge on any atom is 0.185 e. The number of nitrogens with zero attached hydrogens (tertiary/aromatic N) is 1. The van der Waals surface area contributed by atoms with Crippen LogP contribution >= 0.6 is 0 Å². The van der Waals surface area contributed by atoms with Crippen LogP contribution in [0, 0.1) is 17.8 Å². The van der Waals surface area contributed by atoms with E-state index < -0.39 is 6.10 Å². The van der Waals surface area contributed by atoms with Gasteiger partial charge >= 0.3 is 0 Å². The summed E-state index contributed by atoms with van der Waals surface area (Å²) in [5, 5.41) is 25.0. The van der Waals surface area contributed by atoms with Crippen LogP contribution < -0.4 is 31.0 Å². The molecule has 5 rings (SSSR count). The smallest absolute Gasteiger partial charge is 0.185 e. The third kappa shape index (κ3) is 8.65. The lowest BCUT2D eigenvalue weighted by Gasteiger charge is -2.30. The number of rotatable bonds is 8. The lowest BCUT2D eigenvalue weighted by Crippen LogP contribution is -2.34. The van der Waals surface area contributed by atoms with Crippen LogP contribution in [0.5, 0.6) is 23.0 Å². The van der Waals surface area contributed by atoms with Crippen LogP contribution in [-0.2, 0) is 30.5 Å². The third-order valence-electron chi connectivity index (χ3n) is 9.29. The number of guanidine groups is 1. The van der Waals surface area contributed by atoms with Crippen molar-refractivity contribution in [1.82, 2.24) is 5.32 Å². The van der Waals surface area contributed by atoms with Crippen LogP contribution in [0.3, 0.4) is 0 Å². The quantitative estimate of drug-likeness (QED) is 0.127. The summed E-state index contributed by atoms with van der Waals surface area (Å²) in [4.78, 5) is 17.0. The molecule has 0 spiro atoms. The molecule has 2 atom stereocenters. The number of phenolic OH excluding ortho intramolecular Hbond substituents is 1. The van der Waals surface area contributed by atoms with E-state index >= 15 is 0 Å². The van der Waals surface area contributed by atoms with Crippen molar-refractivity contribution in [3.05, 3.63) is 46.0 Å². The summed E-state index contributed by atoms with van der Waals surface area (Å²) >= 11 is 0. The molecule has 2 bridgehead atoms. The lowest BCUT2D eigenvalue weighted by atomic mass is 9.86. The van der Waals surface area contributed by atoms with E-state index in [0.29, 0.717) is 62.9 Å². The molecule has 1 fully saturated rings. The second-order valence-corrected chi connectivity index (χ2v) is 12.7. The number of ether oxygens (including phenoxy) is 3. The summed E-state index contributed by atoms with van der Waals surface area (Å²) in [7, 11) is 1.50. The summed E-state index contributed by atoms with van der Waals surface area (Å²) in [5.41, 5.74) is 15.5. The van der Waals surface area contributed by atoms with Crippen LogP contribution in [-0.4, -0.2) is 61.1 Å². The Labute approximate surface area is 271 Å². The highest BCUT2D eigenvalue weighted by atomic mass is 16.5. The number of aliphatic hydroxyl groups excluding tert-OH is 1. The molecular weight excluding hydrogens is 584 g/mol. The number of nitrogens with two attached hydrogens (primary N) is 2. The highest BCUT2D eigenvalue weighted by Gasteiger charge is 2.29. The van der Waals surface area contributed by atoms with Gasteiger partial charge in [-0.05, 0) is 68.1 Å². The average molecular weight is 633 g/mol. The molecule has 7 N–H and O–H groups in total. The number of aliphatic hydroxyl groups is 1. The number of ketones is 1. The zero-order valence-electron chi connectivity index (χ0n) is 26.9. The average Bonchev–Trinajstić information content (AvgIpc) is 3.04. The summed E-state index contributed by atoms with van der Waals surface area (Å²) < 4.78 is 18.5. The van der Waals surface area contributed by atoms with Gasteiger partial charge in [0.1, 0.15) is 12.5 Å². The Kier molecular flexibility index (Phi) is 11.7. The molecule has 1 aliphatic heterocycles. The van der Waals surface area contributed by atoms with E-state index in [1.54, 1.807) is 12.1 Å². The molecular formula is C36H48N4O6. The van der Waals surface area contributed by atoms with Gasteiger partial charge in [0.2, 0.25) is 0 Å². The normalized spacial score (nSPS) is 20.4. The SMILES string of the molecule is COc1c(O)ccc2c1C#CCc1cc(c3c(c1OCNC1CCCCC1)OC[C@H](CCN=C(N)N)C3)CC[C@@H](O)CC(=O)CC2. The number of hydrogen-bond acceptors (Lipinski definition) is 8. The predicted molar refractivity (Wildman–Crippen MR) is 177 cm³/mol. The van der Waals surface area contributed by atoms with E-state index in [9.17, 15) is 15.0 Å². The molecule has 0 unspecified atom stereocenters. The predicted octanol–water partition coefficient (Wildman–Crippen LogP) is 3.67. The molecule has 3 aliphatic rings. The zero-order valence-corrected chi connectivity index (χ0v) is 26.9. The van der Waals surface area contributed by atoms with Gasteiger partial charge in [-0.3, -0.25) is 15.1 Å². The molecule has 46 heavy (non-hydrogen) atoms. The molecule has 10 nitrogen and oxygen atoms in total. The minimum Gasteiger partial charge on any atom is -0.504 e. The Hall–Kier alpha value is -3.94. The van der Waals surface area contributed by atoms with E-state index in [2.05, 4.69) is 28.2 Å². The Balaban J connectivity index is 1.53. The molecule has 0 aromatic heterocycles. The number of aromatic hydroxyl groups is 1. The van der Waals surface area contributed by atoms with Gasteiger partial charge < -0.3 is 35.9 Å². The molecule has 0 amide bonds. The van der Waals surface area contributed by atoms with Gasteiger partial charge in [-0.1, -0.05) is 43.2 Å². The van der Waals surface area contributed by atoms with E-state index in [0.717, 1.165) is 53.7 Å². The van der Waals surface area contributed by atoms with Crippen molar-refractivity contribution in [2.75, 3.05) is 27.0 Å². The first-order valence-corrected chi connectivity index (χ1v) is 16.6. The van der Waals surface area contributed by atoms with Crippen molar-refractivity contribution in [3.63, 3.8) is 0 Å². The molecule has 2 aromatic rings. The van der Waals surface area contributed by atoms with Gasteiger partial charge in [0.15, 0.2) is 29.0 Å². The number of benzene rings is 2. The van der Waals surface area contributed by atoms with Gasteiger partial charge in [0.25, 0.3) is 0 Å². The number of aryl methyl sites for hydroxylation is 2. The van der Waals surface area contributed by atoms with Crippen molar-refractivity contribution in [2.45, 2.75) is 95.6 Å². The third-order valence-corrected chi connectivity index (χ3v) is 9.29. The van der Waals surface area contributed by atoms with E-state index in [1.807, 2.05) is 0 Å². The van der Waals surface area contributed by atoms with Gasteiger partial charge in [0, 0.05) is 43.0 Å². The fourth-order valence-electron chi connectivity index (χ4n) is 6.78. The number of aliphatic imine (C=N–C) groups is 1. The first-order valence-electron chi connectivity index (χ1n) is 16.6. The lowest BCUT2D eigenvalue weighted by molar-refractivity contribution is -0.121. The maximum absolute atomic E-state index is 12.9. The number of carbonyl (C=O) groups excluding carboxylic acids is 1. The Morgan fingerprint density at radius 1 is 1.07 bits per heavy atom. The highest BCUT2D eigenvalue weighted by Crippen LogP contribution is 2.43. The molecule has 0 radical (unpaired) electrons. The van der Waals surface area contributed by atoms with Gasteiger partial charge in [-0.15, -0.1) is 0 Å². The topological polar surface area (TPSA) is 162 Å². The summed E-state index contributed by atoms with van der Waals surface area (Å²) in [5.74, 6) is 8.50. The number of hydrogen-bond donors (Lipinski definition) is 5. The molecule has 2 aliphatic carbocycles. The molecule has 10 heteroatoms. The van der Waals surface area contributed by atoms with Crippen LogP contribution in [0.4, 0.5) is 0 Å². The summed E-state index contributed by atoms with van der Waals surface area (Å²) in [6.07, 6.45) is 8.98. The number of Topliss-reactive ketones (excluding diaryl/α,β-unsaturated/α-hetero) is 1. The Morgan fingerprint density at radius 2 is 1.89 bits per heavy atom. The first-order chi connectivity index (χ1) is 22.3. The van der Waals surface area contributed by atoms with Crippen molar-refractivity contribution >= 4 is 11.7 Å². The number of nitrogens with one attached hydrogen (secondary N) is 1. The fourth-order valence-corrected chi connectivity index (χ4v) is 6.78. The molecule has 1 saturated carbocycles. The van der Waals surface area contributed by atoms with E-state index in [1.165, 1.54) is 26.4 Å². The number of fused-ring (bicyclic) bond motifs is 5. The number of carbonyl (C=O) groups is 1. The zero-order chi connectivity index (χ0) is 32.5.